The van der Waals surface area contributed by atoms with Gasteiger partial charge in [0.2, 0.25) is 0 Å². The standard InChI is InChI=1S/C18H38N4O2/c1-19-18(20-11-7-13-22(2)14-16-23-3)21-12-8-15-24-17-9-5-4-6-10-17/h17H,4-16H2,1-3H3,(H2,19,20,21). The van der Waals surface area contributed by atoms with Crippen LogP contribution in [-0.4, -0.2) is 77.6 Å². The lowest BCUT2D eigenvalue weighted by Gasteiger charge is -2.22. The van der Waals surface area contributed by atoms with Crippen molar-refractivity contribution in [1.82, 2.24) is 15.5 Å². The number of nitrogens with one attached hydrogen (secondary N) is 2. The minimum atomic E-state index is 0.506. The second-order valence-electron chi connectivity index (χ2n) is 6.56. The van der Waals surface area contributed by atoms with Crippen molar-refractivity contribution in [3.63, 3.8) is 0 Å². The highest BCUT2D eigenvalue weighted by Crippen LogP contribution is 2.20. The van der Waals surface area contributed by atoms with Crippen LogP contribution in [0.1, 0.15) is 44.9 Å². The van der Waals surface area contributed by atoms with E-state index < -0.39 is 0 Å². The number of methoxy groups -OCH3 is 1. The molecule has 0 amide bonds. The SMILES string of the molecule is CN=C(NCCCOC1CCCCC1)NCCCN(C)CCOC. The van der Waals surface area contributed by atoms with Crippen LogP contribution >= 0.6 is 0 Å². The maximum atomic E-state index is 5.94. The summed E-state index contributed by atoms with van der Waals surface area (Å²) < 4.78 is 11.0. The van der Waals surface area contributed by atoms with Crippen molar-refractivity contribution in [1.29, 1.82) is 0 Å². The van der Waals surface area contributed by atoms with Crippen molar-refractivity contribution in [2.75, 3.05) is 60.6 Å². The number of rotatable bonds is 12. The summed E-state index contributed by atoms with van der Waals surface area (Å²) in [6, 6.07) is 0. The van der Waals surface area contributed by atoms with Gasteiger partial charge < -0.3 is 25.0 Å². The second-order valence-corrected chi connectivity index (χ2v) is 6.56. The van der Waals surface area contributed by atoms with Crippen LogP contribution in [-0.2, 0) is 9.47 Å². The molecule has 2 N–H and O–H groups in total. The topological polar surface area (TPSA) is 58.1 Å². The van der Waals surface area contributed by atoms with Gasteiger partial charge in [0.15, 0.2) is 5.96 Å². The molecule has 0 aromatic heterocycles. The lowest BCUT2D eigenvalue weighted by molar-refractivity contribution is 0.0277. The first-order chi connectivity index (χ1) is 11.8. The molecule has 1 rings (SSSR count). The predicted molar refractivity (Wildman–Crippen MR) is 101 cm³/mol. The van der Waals surface area contributed by atoms with Gasteiger partial charge in [0.05, 0.1) is 12.7 Å². The van der Waals surface area contributed by atoms with Gasteiger partial charge in [0.1, 0.15) is 0 Å². The minimum absolute atomic E-state index is 0.506. The summed E-state index contributed by atoms with van der Waals surface area (Å²) in [6.07, 6.45) is 9.16. The molecule has 0 atom stereocenters. The van der Waals surface area contributed by atoms with Crippen LogP contribution in [0.2, 0.25) is 0 Å². The summed E-state index contributed by atoms with van der Waals surface area (Å²) in [6.45, 7) is 5.50. The summed E-state index contributed by atoms with van der Waals surface area (Å²) in [5.41, 5.74) is 0. The molecule has 24 heavy (non-hydrogen) atoms. The lowest BCUT2D eigenvalue weighted by atomic mass is 9.98. The zero-order valence-corrected chi connectivity index (χ0v) is 16.0. The third-order valence-electron chi connectivity index (χ3n) is 4.43. The Hall–Kier alpha value is -0.850. The van der Waals surface area contributed by atoms with Gasteiger partial charge in [-0.25, -0.2) is 0 Å². The largest absolute Gasteiger partial charge is 0.383 e. The van der Waals surface area contributed by atoms with Gasteiger partial charge in [-0.3, -0.25) is 4.99 Å². The van der Waals surface area contributed by atoms with Crippen LogP contribution in [0.15, 0.2) is 4.99 Å². The van der Waals surface area contributed by atoms with Crippen LogP contribution in [0.5, 0.6) is 0 Å². The number of ether oxygens (including phenoxy) is 2. The maximum absolute atomic E-state index is 5.94. The van der Waals surface area contributed by atoms with Crippen molar-refractivity contribution in [2.45, 2.75) is 51.0 Å². The second kappa shape index (κ2) is 14.5. The molecule has 1 aliphatic rings. The fourth-order valence-electron chi connectivity index (χ4n) is 2.90. The summed E-state index contributed by atoms with van der Waals surface area (Å²) in [5.74, 6) is 0.882. The van der Waals surface area contributed by atoms with E-state index >= 15 is 0 Å². The Bertz CT molecular complexity index is 320. The van der Waals surface area contributed by atoms with Gasteiger partial charge in [-0.05, 0) is 39.3 Å². The van der Waals surface area contributed by atoms with E-state index in [1.807, 2.05) is 7.05 Å². The lowest BCUT2D eigenvalue weighted by Crippen LogP contribution is -2.39. The molecule has 0 heterocycles. The Labute approximate surface area is 148 Å². The van der Waals surface area contributed by atoms with Crippen LogP contribution < -0.4 is 10.6 Å². The highest BCUT2D eigenvalue weighted by atomic mass is 16.5. The van der Waals surface area contributed by atoms with Crippen molar-refractivity contribution in [3.8, 4) is 0 Å². The van der Waals surface area contributed by atoms with Crippen LogP contribution in [0.3, 0.4) is 0 Å². The molecular formula is C18H38N4O2. The molecule has 6 nitrogen and oxygen atoms in total. The highest BCUT2D eigenvalue weighted by molar-refractivity contribution is 5.79. The molecular weight excluding hydrogens is 304 g/mol. The number of guanidine groups is 1. The zero-order valence-electron chi connectivity index (χ0n) is 16.0. The molecule has 142 valence electrons. The van der Waals surface area contributed by atoms with E-state index in [2.05, 4.69) is 27.6 Å². The number of hydrogen-bond acceptors (Lipinski definition) is 4. The van der Waals surface area contributed by atoms with E-state index in [0.29, 0.717) is 6.10 Å². The van der Waals surface area contributed by atoms with Crippen molar-refractivity contribution in [2.24, 2.45) is 4.99 Å². The Morgan fingerprint density at radius 2 is 1.75 bits per heavy atom. The summed E-state index contributed by atoms with van der Waals surface area (Å²) in [7, 11) is 5.68. The third kappa shape index (κ3) is 10.8. The molecule has 0 saturated heterocycles. The molecule has 1 fully saturated rings. The van der Waals surface area contributed by atoms with Gasteiger partial charge in [0, 0.05) is 40.4 Å². The minimum Gasteiger partial charge on any atom is -0.383 e. The molecule has 0 bridgehead atoms. The van der Waals surface area contributed by atoms with Crippen molar-refractivity contribution >= 4 is 5.96 Å². The smallest absolute Gasteiger partial charge is 0.190 e. The molecule has 0 radical (unpaired) electrons. The molecule has 0 aliphatic heterocycles. The quantitative estimate of drug-likeness (QED) is 0.322. The van der Waals surface area contributed by atoms with Gasteiger partial charge in [0.25, 0.3) is 0 Å². The molecule has 1 saturated carbocycles. The molecule has 6 heteroatoms. The first-order valence-corrected chi connectivity index (χ1v) is 9.50. The van der Waals surface area contributed by atoms with E-state index in [4.69, 9.17) is 9.47 Å². The van der Waals surface area contributed by atoms with Crippen LogP contribution in [0.4, 0.5) is 0 Å². The Balaban J connectivity index is 1.96. The average Bonchev–Trinajstić information content (AvgIpc) is 2.62. The third-order valence-corrected chi connectivity index (χ3v) is 4.43. The Morgan fingerprint density at radius 3 is 2.42 bits per heavy atom. The Morgan fingerprint density at radius 1 is 1.04 bits per heavy atom. The molecule has 0 aromatic carbocycles. The van der Waals surface area contributed by atoms with Gasteiger partial charge >= 0.3 is 0 Å². The average molecular weight is 343 g/mol. The molecule has 0 spiro atoms. The monoisotopic (exact) mass is 342 g/mol. The number of aliphatic imine (C=N–C) groups is 1. The van der Waals surface area contributed by atoms with Crippen LogP contribution in [0, 0.1) is 0 Å². The fourth-order valence-corrected chi connectivity index (χ4v) is 2.90. The first kappa shape index (κ1) is 21.2. The number of nitrogens with zero attached hydrogens (tertiary/aromatic N) is 2. The van der Waals surface area contributed by atoms with E-state index in [-0.39, 0.29) is 0 Å². The summed E-state index contributed by atoms with van der Waals surface area (Å²) >= 11 is 0. The fraction of sp³-hybridized carbons (Fsp3) is 0.944. The summed E-state index contributed by atoms with van der Waals surface area (Å²) in [5, 5.41) is 6.72. The van der Waals surface area contributed by atoms with Gasteiger partial charge in [-0.15, -0.1) is 0 Å². The van der Waals surface area contributed by atoms with Gasteiger partial charge in [-0.1, -0.05) is 19.3 Å². The molecule has 0 aromatic rings. The van der Waals surface area contributed by atoms with Crippen molar-refractivity contribution in [3.05, 3.63) is 0 Å². The van der Waals surface area contributed by atoms with E-state index in [1.54, 1.807) is 7.11 Å². The van der Waals surface area contributed by atoms with Crippen LogP contribution in [0.25, 0.3) is 0 Å². The highest BCUT2D eigenvalue weighted by Gasteiger charge is 2.12. The number of likely N-dealkylation sites (N-methyl/N-ethyl adjacent to an activating group) is 1. The molecule has 1 aliphatic carbocycles. The molecule has 0 unspecified atom stereocenters. The first-order valence-electron chi connectivity index (χ1n) is 9.50. The van der Waals surface area contributed by atoms with E-state index in [0.717, 1.165) is 58.2 Å². The van der Waals surface area contributed by atoms with Gasteiger partial charge in [-0.2, -0.15) is 0 Å². The van der Waals surface area contributed by atoms with Crippen molar-refractivity contribution < 1.29 is 9.47 Å². The maximum Gasteiger partial charge on any atom is 0.190 e. The zero-order chi connectivity index (χ0) is 17.5. The van der Waals surface area contributed by atoms with E-state index in [1.165, 1.54) is 32.1 Å². The predicted octanol–water partition coefficient (Wildman–Crippen LogP) is 1.86. The van der Waals surface area contributed by atoms with E-state index in [9.17, 15) is 0 Å². The Kier molecular flexibility index (Phi) is 12.8. The number of hydrogen-bond donors (Lipinski definition) is 2. The summed E-state index contributed by atoms with van der Waals surface area (Å²) in [4.78, 5) is 6.54. The normalized spacial score (nSPS) is 16.6.